The van der Waals surface area contributed by atoms with E-state index in [9.17, 15) is 0 Å². The van der Waals surface area contributed by atoms with E-state index in [0.29, 0.717) is 0 Å². The monoisotopic (exact) mass is 138 g/mol. The number of rotatable bonds is 1. The van der Waals surface area contributed by atoms with Crippen molar-refractivity contribution in [2.24, 2.45) is 0 Å². The zero-order valence-corrected chi connectivity index (χ0v) is 5.75. The molecule has 2 rings (SSSR count). The van der Waals surface area contributed by atoms with E-state index >= 15 is 0 Å². The Hall–Kier alpha value is -0.830. The number of hydrogen-bond acceptors (Lipinski definition) is 2. The van der Waals surface area contributed by atoms with Crippen molar-refractivity contribution in [3.63, 3.8) is 0 Å². The van der Waals surface area contributed by atoms with Gasteiger partial charge in [-0.25, -0.2) is 4.98 Å². The van der Waals surface area contributed by atoms with Crippen LogP contribution >= 0.6 is 0 Å². The summed E-state index contributed by atoms with van der Waals surface area (Å²) in [5.41, 5.74) is 0.951. The Kier molecular flexibility index (Phi) is 1.24. The molecule has 0 radical (unpaired) electrons. The van der Waals surface area contributed by atoms with E-state index in [4.69, 9.17) is 5.11 Å². The van der Waals surface area contributed by atoms with E-state index in [1.807, 2.05) is 0 Å². The first-order chi connectivity index (χ1) is 4.92. The predicted octanol–water partition coefficient (Wildman–Crippen LogP) is 0.322. The normalized spacial score (nSPS) is 15.7. The highest BCUT2D eigenvalue weighted by Gasteiger charge is 2.13. The van der Waals surface area contributed by atoms with E-state index in [-0.39, 0.29) is 6.61 Å². The van der Waals surface area contributed by atoms with E-state index in [2.05, 4.69) is 9.55 Å². The number of nitrogens with zero attached hydrogens (tertiary/aromatic N) is 2. The van der Waals surface area contributed by atoms with Gasteiger partial charge in [0.2, 0.25) is 0 Å². The molecule has 10 heavy (non-hydrogen) atoms. The molecule has 0 unspecified atom stereocenters. The molecule has 0 bridgehead atoms. The fraction of sp³-hybridized carbons (Fsp3) is 0.571. The molecule has 3 nitrogen and oxygen atoms in total. The predicted molar refractivity (Wildman–Crippen MR) is 36.5 cm³/mol. The van der Waals surface area contributed by atoms with Crippen LogP contribution in [0.25, 0.3) is 0 Å². The number of fused-ring (bicyclic) bond motifs is 1. The van der Waals surface area contributed by atoms with Crippen molar-refractivity contribution in [3.05, 3.63) is 17.7 Å². The molecule has 1 aromatic heterocycles. The second-order valence-corrected chi connectivity index (χ2v) is 2.58. The van der Waals surface area contributed by atoms with Crippen molar-refractivity contribution in [2.75, 3.05) is 0 Å². The molecule has 2 heterocycles. The van der Waals surface area contributed by atoms with Crippen LogP contribution in [0.4, 0.5) is 0 Å². The Labute approximate surface area is 59.3 Å². The Morgan fingerprint density at radius 1 is 1.70 bits per heavy atom. The van der Waals surface area contributed by atoms with E-state index in [1.165, 1.54) is 6.42 Å². The largest absolute Gasteiger partial charge is 0.390 e. The third-order valence-corrected chi connectivity index (χ3v) is 1.96. The molecule has 0 saturated heterocycles. The highest BCUT2D eigenvalue weighted by Crippen LogP contribution is 2.15. The number of aliphatic hydroxyl groups is 1. The van der Waals surface area contributed by atoms with Crippen molar-refractivity contribution in [2.45, 2.75) is 26.0 Å². The molecule has 1 aliphatic rings. The minimum atomic E-state index is 0.118. The Morgan fingerprint density at radius 3 is 3.40 bits per heavy atom. The van der Waals surface area contributed by atoms with Gasteiger partial charge in [0.1, 0.15) is 5.82 Å². The van der Waals surface area contributed by atoms with Gasteiger partial charge in [-0.1, -0.05) is 0 Å². The molecule has 0 amide bonds. The second-order valence-electron chi connectivity index (χ2n) is 2.58. The van der Waals surface area contributed by atoms with Crippen LogP contribution in [-0.2, 0) is 19.6 Å². The zero-order chi connectivity index (χ0) is 6.97. The Bertz CT molecular complexity index is 242. The highest BCUT2D eigenvalue weighted by molar-refractivity contribution is 5.07. The number of aromatic nitrogens is 2. The lowest BCUT2D eigenvalue weighted by atomic mass is 10.4. The van der Waals surface area contributed by atoms with E-state index in [1.54, 1.807) is 6.20 Å². The maximum Gasteiger partial charge on any atom is 0.108 e. The summed E-state index contributed by atoms with van der Waals surface area (Å²) in [7, 11) is 0. The third kappa shape index (κ3) is 0.671. The van der Waals surface area contributed by atoms with Gasteiger partial charge in [0.05, 0.1) is 18.5 Å². The minimum absolute atomic E-state index is 0.118. The smallest absolute Gasteiger partial charge is 0.108 e. The molecule has 0 atom stereocenters. The Balaban J connectivity index is 2.44. The summed E-state index contributed by atoms with van der Waals surface area (Å²) in [6.45, 7) is 1.15. The molecule has 3 heteroatoms. The maximum atomic E-state index is 8.83. The fourth-order valence-corrected chi connectivity index (χ4v) is 1.45. The SMILES string of the molecule is OCc1cnc2n1CCC2. The zero-order valence-electron chi connectivity index (χ0n) is 5.75. The standard InChI is InChI=1S/C7H10N2O/c10-5-6-4-8-7-2-1-3-9(6)7/h4,10H,1-3,5H2. The van der Waals surface area contributed by atoms with E-state index in [0.717, 1.165) is 24.5 Å². The first kappa shape index (κ1) is 5.92. The van der Waals surface area contributed by atoms with Crippen LogP contribution < -0.4 is 0 Å². The summed E-state index contributed by atoms with van der Waals surface area (Å²) in [5.74, 6) is 1.13. The second kappa shape index (κ2) is 2.09. The molecule has 1 aromatic rings. The highest BCUT2D eigenvalue weighted by atomic mass is 16.3. The quantitative estimate of drug-likeness (QED) is 0.607. The molecule has 0 fully saturated rings. The van der Waals surface area contributed by atoms with Crippen LogP contribution in [0.15, 0.2) is 6.20 Å². The molecular formula is C7H10N2O. The van der Waals surface area contributed by atoms with Crippen LogP contribution in [-0.4, -0.2) is 14.7 Å². The van der Waals surface area contributed by atoms with E-state index < -0.39 is 0 Å². The summed E-state index contributed by atoms with van der Waals surface area (Å²) in [6.07, 6.45) is 4.00. The number of hydrogen-bond donors (Lipinski definition) is 1. The molecule has 0 aliphatic carbocycles. The summed E-state index contributed by atoms with van der Waals surface area (Å²) in [6, 6.07) is 0. The summed E-state index contributed by atoms with van der Waals surface area (Å²) in [4.78, 5) is 4.17. The van der Waals surface area contributed by atoms with Crippen molar-refractivity contribution in [3.8, 4) is 0 Å². The summed E-state index contributed by atoms with van der Waals surface area (Å²) in [5, 5.41) is 8.83. The van der Waals surface area contributed by atoms with Crippen molar-refractivity contribution in [1.82, 2.24) is 9.55 Å². The summed E-state index contributed by atoms with van der Waals surface area (Å²) >= 11 is 0. The van der Waals surface area contributed by atoms with Crippen LogP contribution in [0, 0.1) is 0 Å². The minimum Gasteiger partial charge on any atom is -0.390 e. The van der Waals surface area contributed by atoms with Crippen LogP contribution in [0.5, 0.6) is 0 Å². The molecular weight excluding hydrogens is 128 g/mol. The molecule has 0 aromatic carbocycles. The lowest BCUT2D eigenvalue weighted by Gasteiger charge is -1.98. The maximum absolute atomic E-state index is 8.83. The van der Waals surface area contributed by atoms with Gasteiger partial charge in [0, 0.05) is 13.0 Å². The average molecular weight is 138 g/mol. The third-order valence-electron chi connectivity index (χ3n) is 1.96. The number of aliphatic hydroxyl groups excluding tert-OH is 1. The average Bonchev–Trinajstić information content (AvgIpc) is 2.44. The van der Waals surface area contributed by atoms with Gasteiger partial charge in [0.25, 0.3) is 0 Å². The lowest BCUT2D eigenvalue weighted by molar-refractivity contribution is 0.271. The van der Waals surface area contributed by atoms with Gasteiger partial charge in [0.15, 0.2) is 0 Å². The van der Waals surface area contributed by atoms with Crippen molar-refractivity contribution >= 4 is 0 Å². The fourth-order valence-electron chi connectivity index (χ4n) is 1.45. The van der Waals surface area contributed by atoms with Crippen molar-refractivity contribution < 1.29 is 5.11 Å². The topological polar surface area (TPSA) is 38.1 Å². The van der Waals surface area contributed by atoms with Gasteiger partial charge in [-0.3, -0.25) is 0 Å². The molecule has 0 saturated carbocycles. The molecule has 0 spiro atoms. The van der Waals surface area contributed by atoms with Crippen molar-refractivity contribution in [1.29, 1.82) is 0 Å². The van der Waals surface area contributed by atoms with Gasteiger partial charge >= 0.3 is 0 Å². The first-order valence-corrected chi connectivity index (χ1v) is 3.56. The van der Waals surface area contributed by atoms with Crippen LogP contribution in [0.3, 0.4) is 0 Å². The first-order valence-electron chi connectivity index (χ1n) is 3.56. The molecule has 1 aliphatic heterocycles. The number of imidazole rings is 1. The van der Waals surface area contributed by atoms with Crippen LogP contribution in [0.1, 0.15) is 17.9 Å². The van der Waals surface area contributed by atoms with Crippen LogP contribution in [0.2, 0.25) is 0 Å². The summed E-state index contributed by atoms with van der Waals surface area (Å²) < 4.78 is 2.10. The Morgan fingerprint density at radius 2 is 2.60 bits per heavy atom. The lowest BCUT2D eigenvalue weighted by Crippen LogP contribution is -1.98. The molecule has 54 valence electrons. The van der Waals surface area contributed by atoms with Gasteiger partial charge < -0.3 is 9.67 Å². The molecule has 1 N–H and O–H groups in total. The van der Waals surface area contributed by atoms with Gasteiger partial charge in [-0.05, 0) is 6.42 Å². The van der Waals surface area contributed by atoms with Gasteiger partial charge in [-0.2, -0.15) is 0 Å². The number of aryl methyl sites for hydroxylation is 1. The van der Waals surface area contributed by atoms with Gasteiger partial charge in [-0.15, -0.1) is 0 Å².